The molecule has 0 saturated heterocycles. The van der Waals surface area contributed by atoms with Gasteiger partial charge in [0, 0.05) is 24.2 Å². The van der Waals surface area contributed by atoms with Gasteiger partial charge in [-0.05, 0) is 47.9 Å². The maximum Gasteiger partial charge on any atom is 0.251 e. The summed E-state index contributed by atoms with van der Waals surface area (Å²) in [6.45, 7) is 2.19. The summed E-state index contributed by atoms with van der Waals surface area (Å²) in [6.07, 6.45) is 1.21. The zero-order chi connectivity index (χ0) is 23.0. The summed E-state index contributed by atoms with van der Waals surface area (Å²) in [6, 6.07) is 22.2. The Balaban J connectivity index is 1.66. The van der Waals surface area contributed by atoms with E-state index in [1.165, 1.54) is 12.1 Å². The van der Waals surface area contributed by atoms with Gasteiger partial charge in [0.1, 0.15) is 0 Å². The highest BCUT2D eigenvalue weighted by atomic mass is 32.2. The molecule has 2 amide bonds. The zero-order valence-corrected chi connectivity index (χ0v) is 18.7. The van der Waals surface area contributed by atoms with Gasteiger partial charge in [0.05, 0.1) is 10.6 Å². The standard InChI is InChI=1S/C25H26N2O4S/c1-2-8-24(28)27-22-13-6-11-20(15-22)17-26-25(29)21-12-7-14-23(16-21)32(30,31)18-19-9-4-3-5-10-19/h3-7,9-16H,2,8,17-18H2,1H3,(H,26,29)(H,27,28). The molecular formula is C25H26N2O4S. The van der Waals surface area contributed by atoms with Crippen molar-refractivity contribution in [3.05, 3.63) is 95.6 Å². The Labute approximate surface area is 188 Å². The molecule has 0 unspecified atom stereocenters. The highest BCUT2D eigenvalue weighted by Gasteiger charge is 2.17. The first-order valence-corrected chi connectivity index (χ1v) is 12.1. The molecule has 0 saturated carbocycles. The van der Waals surface area contributed by atoms with Gasteiger partial charge in [0.15, 0.2) is 9.84 Å². The maximum absolute atomic E-state index is 12.8. The van der Waals surface area contributed by atoms with Crippen LogP contribution in [-0.4, -0.2) is 20.2 Å². The second kappa shape index (κ2) is 10.7. The Kier molecular flexibility index (Phi) is 7.78. The average Bonchev–Trinajstić information content (AvgIpc) is 2.78. The van der Waals surface area contributed by atoms with Crippen LogP contribution in [-0.2, 0) is 26.9 Å². The third kappa shape index (κ3) is 6.52. The van der Waals surface area contributed by atoms with Gasteiger partial charge in [-0.3, -0.25) is 9.59 Å². The van der Waals surface area contributed by atoms with E-state index in [4.69, 9.17) is 0 Å². The lowest BCUT2D eigenvalue weighted by Crippen LogP contribution is -2.23. The molecule has 7 heteroatoms. The molecule has 2 N–H and O–H groups in total. The number of hydrogen-bond donors (Lipinski definition) is 2. The first-order chi connectivity index (χ1) is 15.4. The molecule has 3 aromatic carbocycles. The average molecular weight is 451 g/mol. The Hall–Kier alpha value is -3.45. The van der Waals surface area contributed by atoms with Crippen LogP contribution in [0, 0.1) is 0 Å². The number of benzene rings is 3. The fourth-order valence-corrected chi connectivity index (χ4v) is 4.59. The smallest absolute Gasteiger partial charge is 0.251 e. The highest BCUT2D eigenvalue weighted by Crippen LogP contribution is 2.18. The van der Waals surface area contributed by atoms with Crippen molar-refractivity contribution in [3.63, 3.8) is 0 Å². The molecule has 0 spiro atoms. The molecule has 166 valence electrons. The summed E-state index contributed by atoms with van der Waals surface area (Å²) in [5, 5.41) is 5.63. The van der Waals surface area contributed by atoms with Crippen molar-refractivity contribution in [2.24, 2.45) is 0 Å². The first-order valence-electron chi connectivity index (χ1n) is 10.4. The predicted molar refractivity (Wildman–Crippen MR) is 125 cm³/mol. The van der Waals surface area contributed by atoms with Crippen molar-refractivity contribution in [1.29, 1.82) is 0 Å². The van der Waals surface area contributed by atoms with E-state index in [9.17, 15) is 18.0 Å². The molecule has 6 nitrogen and oxygen atoms in total. The fraction of sp³-hybridized carbons (Fsp3) is 0.200. The van der Waals surface area contributed by atoms with Crippen LogP contribution in [0.4, 0.5) is 5.69 Å². The molecule has 3 aromatic rings. The third-order valence-electron chi connectivity index (χ3n) is 4.80. The number of sulfone groups is 1. The van der Waals surface area contributed by atoms with E-state index in [-0.39, 0.29) is 34.6 Å². The SMILES string of the molecule is CCCC(=O)Nc1cccc(CNC(=O)c2cccc(S(=O)(=O)Cc3ccccc3)c2)c1. The van der Waals surface area contributed by atoms with E-state index < -0.39 is 9.84 Å². The van der Waals surface area contributed by atoms with Gasteiger partial charge in [0.25, 0.3) is 5.91 Å². The largest absolute Gasteiger partial charge is 0.348 e. The summed E-state index contributed by atoms with van der Waals surface area (Å²) >= 11 is 0. The molecular weight excluding hydrogens is 424 g/mol. The minimum absolute atomic E-state index is 0.0535. The van der Waals surface area contributed by atoms with Crippen molar-refractivity contribution in [2.75, 3.05) is 5.32 Å². The number of amides is 2. The van der Waals surface area contributed by atoms with E-state index in [2.05, 4.69) is 10.6 Å². The van der Waals surface area contributed by atoms with Crippen LogP contribution in [0.2, 0.25) is 0 Å². The zero-order valence-electron chi connectivity index (χ0n) is 17.9. The molecule has 0 aliphatic heterocycles. The molecule has 0 bridgehead atoms. The third-order valence-corrected chi connectivity index (χ3v) is 6.48. The van der Waals surface area contributed by atoms with Gasteiger partial charge < -0.3 is 10.6 Å². The molecule has 0 radical (unpaired) electrons. The van der Waals surface area contributed by atoms with Gasteiger partial charge in [-0.15, -0.1) is 0 Å². The summed E-state index contributed by atoms with van der Waals surface area (Å²) in [4.78, 5) is 24.5. The van der Waals surface area contributed by atoms with Crippen molar-refractivity contribution in [2.45, 2.75) is 37.0 Å². The van der Waals surface area contributed by atoms with Crippen LogP contribution in [0.3, 0.4) is 0 Å². The van der Waals surface area contributed by atoms with Gasteiger partial charge in [0.2, 0.25) is 5.91 Å². The maximum atomic E-state index is 12.8. The molecule has 0 fully saturated rings. The normalized spacial score (nSPS) is 11.0. The number of carbonyl (C=O) groups is 2. The molecule has 0 heterocycles. The Bertz CT molecular complexity index is 1190. The summed E-state index contributed by atoms with van der Waals surface area (Å²) in [5.74, 6) is -0.556. The summed E-state index contributed by atoms with van der Waals surface area (Å²) in [7, 11) is -3.58. The van der Waals surface area contributed by atoms with E-state index in [1.54, 1.807) is 54.6 Å². The van der Waals surface area contributed by atoms with Crippen molar-refractivity contribution in [1.82, 2.24) is 5.32 Å². The molecule has 0 aliphatic rings. The molecule has 0 aromatic heterocycles. The van der Waals surface area contributed by atoms with Crippen LogP contribution in [0.5, 0.6) is 0 Å². The molecule has 32 heavy (non-hydrogen) atoms. The summed E-state index contributed by atoms with van der Waals surface area (Å²) < 4.78 is 25.5. The summed E-state index contributed by atoms with van der Waals surface area (Å²) in [5.41, 5.74) is 2.45. The lowest BCUT2D eigenvalue weighted by molar-refractivity contribution is -0.116. The fourth-order valence-electron chi connectivity index (χ4n) is 3.20. The highest BCUT2D eigenvalue weighted by molar-refractivity contribution is 7.90. The van der Waals surface area contributed by atoms with E-state index in [0.29, 0.717) is 17.7 Å². The lowest BCUT2D eigenvalue weighted by Gasteiger charge is -2.10. The van der Waals surface area contributed by atoms with Gasteiger partial charge in [-0.1, -0.05) is 55.5 Å². The van der Waals surface area contributed by atoms with Crippen molar-refractivity contribution >= 4 is 27.3 Å². The van der Waals surface area contributed by atoms with Gasteiger partial charge in [-0.25, -0.2) is 8.42 Å². The Morgan fingerprint density at radius 2 is 1.56 bits per heavy atom. The first kappa shape index (κ1) is 23.2. The minimum Gasteiger partial charge on any atom is -0.348 e. The second-order valence-corrected chi connectivity index (χ2v) is 9.44. The van der Waals surface area contributed by atoms with Crippen LogP contribution < -0.4 is 10.6 Å². The number of carbonyl (C=O) groups excluding carboxylic acids is 2. The number of rotatable bonds is 9. The quantitative estimate of drug-likeness (QED) is 0.508. The molecule has 3 rings (SSSR count). The van der Waals surface area contributed by atoms with E-state index in [1.807, 2.05) is 19.1 Å². The minimum atomic E-state index is -3.58. The monoisotopic (exact) mass is 450 g/mol. The number of hydrogen-bond acceptors (Lipinski definition) is 4. The van der Waals surface area contributed by atoms with E-state index >= 15 is 0 Å². The molecule has 0 atom stereocenters. The Morgan fingerprint density at radius 3 is 2.31 bits per heavy atom. The van der Waals surface area contributed by atoms with Gasteiger partial charge in [-0.2, -0.15) is 0 Å². The predicted octanol–water partition coefficient (Wildman–Crippen LogP) is 4.33. The van der Waals surface area contributed by atoms with Crippen LogP contribution >= 0.6 is 0 Å². The van der Waals surface area contributed by atoms with Crippen molar-refractivity contribution in [3.8, 4) is 0 Å². The number of anilines is 1. The van der Waals surface area contributed by atoms with Crippen LogP contribution in [0.15, 0.2) is 83.8 Å². The van der Waals surface area contributed by atoms with Crippen LogP contribution in [0.25, 0.3) is 0 Å². The van der Waals surface area contributed by atoms with Crippen LogP contribution in [0.1, 0.15) is 41.3 Å². The lowest BCUT2D eigenvalue weighted by atomic mass is 10.1. The molecule has 0 aliphatic carbocycles. The topological polar surface area (TPSA) is 92.3 Å². The van der Waals surface area contributed by atoms with Gasteiger partial charge >= 0.3 is 0 Å². The van der Waals surface area contributed by atoms with E-state index in [0.717, 1.165) is 12.0 Å². The van der Waals surface area contributed by atoms with Crippen molar-refractivity contribution < 1.29 is 18.0 Å². The second-order valence-electron chi connectivity index (χ2n) is 7.45. The number of nitrogens with one attached hydrogen (secondary N) is 2. The Morgan fingerprint density at radius 1 is 0.844 bits per heavy atom.